The molecule has 1 aromatic rings. The second-order valence-corrected chi connectivity index (χ2v) is 7.02. The van der Waals surface area contributed by atoms with Crippen LogP contribution in [0, 0.1) is 0 Å². The van der Waals surface area contributed by atoms with Gasteiger partial charge in [0.1, 0.15) is 5.75 Å². The number of amides is 1. The number of hydrogen-bond acceptors (Lipinski definition) is 4. The molecule has 1 atom stereocenters. The van der Waals surface area contributed by atoms with Crippen molar-refractivity contribution < 1.29 is 24.0 Å². The lowest BCUT2D eigenvalue weighted by molar-refractivity contribution is -0.134. The third-order valence-electron chi connectivity index (χ3n) is 2.69. The Labute approximate surface area is 139 Å². The highest BCUT2D eigenvalue weighted by Gasteiger charge is 2.25. The molecule has 1 aromatic carbocycles. The Morgan fingerprint density at radius 2 is 2.00 bits per heavy atom. The zero-order valence-electron chi connectivity index (χ0n) is 11.3. The average Bonchev–Trinajstić information content (AvgIpc) is 3.17. The fourth-order valence-electron chi connectivity index (χ4n) is 1.60. The highest BCUT2D eigenvalue weighted by atomic mass is 35.5. The van der Waals surface area contributed by atoms with E-state index in [-0.39, 0.29) is 16.8 Å². The van der Waals surface area contributed by atoms with Crippen LogP contribution in [-0.4, -0.2) is 39.1 Å². The summed E-state index contributed by atoms with van der Waals surface area (Å²) in [6.07, 6.45) is 2.04. The van der Waals surface area contributed by atoms with Crippen LogP contribution >= 0.6 is 23.2 Å². The van der Waals surface area contributed by atoms with Crippen molar-refractivity contribution >= 4 is 51.9 Å². The van der Waals surface area contributed by atoms with Crippen molar-refractivity contribution in [2.45, 2.75) is 18.9 Å². The number of hydrogen-bond donors (Lipinski definition) is 2. The van der Waals surface area contributed by atoms with Gasteiger partial charge >= 0.3 is 5.97 Å². The van der Waals surface area contributed by atoms with Gasteiger partial charge < -0.3 is 19.7 Å². The fourth-order valence-corrected chi connectivity index (χ4v) is 2.82. The first-order valence-electron chi connectivity index (χ1n) is 6.37. The Morgan fingerprint density at radius 1 is 1.32 bits per heavy atom. The van der Waals surface area contributed by atoms with Gasteiger partial charge in [-0.25, -0.2) is 4.79 Å². The second kappa shape index (κ2) is 7.41. The van der Waals surface area contributed by atoms with E-state index in [0.717, 1.165) is 12.8 Å². The topological polar surface area (TPSA) is 98.7 Å². The summed E-state index contributed by atoms with van der Waals surface area (Å²) in [6, 6.07) is 2.95. The number of carboxylic acids is 1. The number of carboxylic acid groups (broad SMARTS) is 1. The van der Waals surface area contributed by atoms with Crippen molar-refractivity contribution in [2.75, 3.05) is 16.8 Å². The van der Waals surface area contributed by atoms with Gasteiger partial charge in [-0.2, -0.15) is 0 Å². The summed E-state index contributed by atoms with van der Waals surface area (Å²) in [4.78, 5) is 22.2. The fraction of sp³-hybridized carbons (Fsp3) is 0.385. The number of ether oxygens (including phenoxy) is 1. The predicted octanol–water partition coefficient (Wildman–Crippen LogP) is 2.31. The molecule has 120 valence electrons. The summed E-state index contributed by atoms with van der Waals surface area (Å²) in [5, 5.41) is 11.5. The van der Waals surface area contributed by atoms with Crippen molar-refractivity contribution in [3.05, 3.63) is 22.2 Å². The summed E-state index contributed by atoms with van der Waals surface area (Å²) >= 11 is 10.2. The monoisotopic (exact) mass is 365 g/mol. The highest BCUT2D eigenvalue weighted by Crippen LogP contribution is 2.37. The Balaban J connectivity index is 2.01. The molecule has 1 saturated carbocycles. The summed E-state index contributed by atoms with van der Waals surface area (Å²) in [5.41, 5.74) is 0.277. The number of nitrogens with one attached hydrogen (secondary N) is 1. The van der Waals surface area contributed by atoms with E-state index in [4.69, 9.17) is 33.0 Å². The van der Waals surface area contributed by atoms with Crippen LogP contribution in [-0.2, 0) is 20.8 Å². The Morgan fingerprint density at radius 3 is 2.59 bits per heavy atom. The lowest BCUT2D eigenvalue weighted by Gasteiger charge is -2.13. The molecule has 0 spiro atoms. The van der Waals surface area contributed by atoms with Crippen molar-refractivity contribution in [1.82, 2.24) is 0 Å². The zero-order chi connectivity index (χ0) is 16.3. The molecule has 9 heteroatoms. The lowest BCUT2D eigenvalue weighted by Crippen LogP contribution is -2.27. The van der Waals surface area contributed by atoms with Gasteiger partial charge in [-0.1, -0.05) is 23.2 Å². The number of carbonyl (C=O) groups is 2. The van der Waals surface area contributed by atoms with Gasteiger partial charge in [0.2, 0.25) is 5.75 Å². The van der Waals surface area contributed by atoms with Crippen LogP contribution in [0.15, 0.2) is 12.1 Å². The lowest BCUT2D eigenvalue weighted by atomic mass is 10.3. The molecule has 6 nitrogen and oxygen atoms in total. The number of halogens is 2. The number of rotatable bonds is 7. The molecule has 1 amide bonds. The van der Waals surface area contributed by atoms with Crippen LogP contribution in [0.3, 0.4) is 0 Å². The van der Waals surface area contributed by atoms with E-state index in [1.807, 2.05) is 0 Å². The van der Waals surface area contributed by atoms with E-state index in [9.17, 15) is 14.1 Å². The van der Waals surface area contributed by atoms with Gasteiger partial charge in [0.05, 0.1) is 21.8 Å². The van der Waals surface area contributed by atoms with Crippen molar-refractivity contribution in [1.29, 1.82) is 0 Å². The molecule has 1 aliphatic rings. The van der Waals surface area contributed by atoms with E-state index in [2.05, 4.69) is 5.32 Å². The van der Waals surface area contributed by atoms with Gasteiger partial charge in [-0.05, 0) is 30.1 Å². The Bertz CT molecular complexity index is 594. The van der Waals surface area contributed by atoms with E-state index in [0.29, 0.717) is 10.8 Å². The largest absolute Gasteiger partial charge is 0.616 e. The minimum atomic E-state index is -1.78. The van der Waals surface area contributed by atoms with Crippen LogP contribution < -0.4 is 10.1 Å². The summed E-state index contributed by atoms with van der Waals surface area (Å²) < 4.78 is 17.0. The maximum Gasteiger partial charge on any atom is 0.353 e. The molecular weight excluding hydrogens is 353 g/mol. The number of aliphatic carboxylic acids is 1. The third-order valence-corrected chi connectivity index (χ3v) is 4.45. The maximum absolute atomic E-state index is 11.8. The number of anilines is 1. The molecule has 0 saturated heterocycles. The maximum atomic E-state index is 11.8. The first kappa shape index (κ1) is 17.2. The SMILES string of the molecule is O=C(O)C[S+]([O-])CC(=O)Nc1cc(OC2CC2)c(Cl)cc1Cl. The standard InChI is InChI=1S/C13H13Cl2NO5S/c14-8-3-9(15)11(21-7-1-2-7)4-10(8)16-12(17)5-22(20)6-13(18)19/h3-4,7H,1-2,5-6H2,(H,16,17)(H,18,19). The van der Waals surface area contributed by atoms with E-state index in [1.54, 1.807) is 0 Å². The summed E-state index contributed by atoms with van der Waals surface area (Å²) in [5.74, 6) is -2.42. The molecule has 22 heavy (non-hydrogen) atoms. The zero-order valence-corrected chi connectivity index (χ0v) is 13.6. The molecule has 1 aliphatic carbocycles. The minimum Gasteiger partial charge on any atom is -0.616 e. The molecule has 0 aromatic heterocycles. The average molecular weight is 366 g/mol. The molecular formula is C13H13Cl2NO5S. The van der Waals surface area contributed by atoms with Crippen molar-refractivity contribution in [3.8, 4) is 5.75 Å². The van der Waals surface area contributed by atoms with Crippen molar-refractivity contribution in [2.24, 2.45) is 0 Å². The van der Waals surface area contributed by atoms with Gasteiger partial charge in [0.25, 0.3) is 5.91 Å². The first-order valence-corrected chi connectivity index (χ1v) is 8.62. The van der Waals surface area contributed by atoms with Crippen LogP contribution in [0.25, 0.3) is 0 Å². The predicted molar refractivity (Wildman–Crippen MR) is 84.3 cm³/mol. The van der Waals surface area contributed by atoms with Crippen LogP contribution in [0.2, 0.25) is 10.0 Å². The molecule has 2 rings (SSSR count). The van der Waals surface area contributed by atoms with E-state index >= 15 is 0 Å². The van der Waals surface area contributed by atoms with Crippen LogP contribution in [0.1, 0.15) is 12.8 Å². The van der Waals surface area contributed by atoms with Gasteiger partial charge in [0, 0.05) is 6.07 Å². The van der Waals surface area contributed by atoms with Gasteiger partial charge in [-0.15, -0.1) is 0 Å². The van der Waals surface area contributed by atoms with Gasteiger partial charge in [0.15, 0.2) is 5.75 Å². The van der Waals surface area contributed by atoms with Crippen LogP contribution in [0.4, 0.5) is 5.69 Å². The van der Waals surface area contributed by atoms with E-state index < -0.39 is 34.6 Å². The summed E-state index contributed by atoms with van der Waals surface area (Å²) in [6.45, 7) is 0. The molecule has 1 fully saturated rings. The molecule has 0 aliphatic heterocycles. The molecule has 1 unspecified atom stereocenters. The summed E-state index contributed by atoms with van der Waals surface area (Å²) in [7, 11) is 0. The number of carbonyl (C=O) groups excluding carboxylic acids is 1. The van der Waals surface area contributed by atoms with Gasteiger partial charge in [-0.3, -0.25) is 4.79 Å². The quantitative estimate of drug-likeness (QED) is 0.722. The molecule has 0 heterocycles. The van der Waals surface area contributed by atoms with E-state index in [1.165, 1.54) is 12.1 Å². The van der Waals surface area contributed by atoms with Crippen LogP contribution in [0.5, 0.6) is 5.75 Å². The second-order valence-electron chi connectivity index (χ2n) is 4.75. The molecule has 2 N–H and O–H groups in total. The number of benzene rings is 1. The first-order chi connectivity index (χ1) is 10.3. The Kier molecular flexibility index (Phi) is 5.80. The normalized spacial score (nSPS) is 15.2. The molecule has 0 radical (unpaired) electrons. The minimum absolute atomic E-state index is 0.130. The Hall–Kier alpha value is -1.15. The smallest absolute Gasteiger partial charge is 0.353 e. The third kappa shape index (κ3) is 5.24. The highest BCUT2D eigenvalue weighted by molar-refractivity contribution is 7.92. The van der Waals surface area contributed by atoms with Crippen molar-refractivity contribution in [3.63, 3.8) is 0 Å². The molecule has 0 bridgehead atoms.